The summed E-state index contributed by atoms with van der Waals surface area (Å²) >= 11 is 0. The second-order valence-electron chi connectivity index (χ2n) is 10.9. The molecule has 2 N–H and O–H groups in total. The highest BCUT2D eigenvalue weighted by molar-refractivity contribution is 6.08. The summed E-state index contributed by atoms with van der Waals surface area (Å²) in [5, 5.41) is 18.2. The maximum Gasteiger partial charge on any atom is 0.256 e. The van der Waals surface area contributed by atoms with Crippen LogP contribution in [-0.4, -0.2) is 55.7 Å². The van der Waals surface area contributed by atoms with Gasteiger partial charge in [0, 0.05) is 35.8 Å². The number of benzene rings is 1. The van der Waals surface area contributed by atoms with Crippen LogP contribution in [0.25, 0.3) is 16.5 Å². The van der Waals surface area contributed by atoms with Gasteiger partial charge in [-0.25, -0.2) is 4.52 Å². The third-order valence-corrected chi connectivity index (χ3v) is 8.52. The first-order chi connectivity index (χ1) is 17.7. The fourth-order valence-electron chi connectivity index (χ4n) is 6.14. The molecule has 3 aromatic heterocycles. The number of nitrogens with one attached hydrogen (secondary N) is 1. The SMILES string of the molecule is Cc1oc2cc(Oc3ccnn4cc(C(=O)N5C[C@H](O)[C@@H]5C)c(C)c34)ccc2c1C(=O)NC12CC(C1)C2. The normalized spacial score (nSPS) is 25.9. The molecule has 9 nitrogen and oxygen atoms in total. The van der Waals surface area contributed by atoms with Crippen LogP contribution in [0.2, 0.25) is 0 Å². The van der Waals surface area contributed by atoms with E-state index in [0.717, 1.165) is 36.1 Å². The lowest BCUT2D eigenvalue weighted by atomic mass is 9.50. The van der Waals surface area contributed by atoms with Gasteiger partial charge in [0.2, 0.25) is 0 Å². The van der Waals surface area contributed by atoms with E-state index in [1.165, 1.54) is 0 Å². The molecule has 2 amide bonds. The highest BCUT2D eigenvalue weighted by atomic mass is 16.5. The Morgan fingerprint density at radius 2 is 2.00 bits per heavy atom. The fraction of sp³-hybridized carbons (Fsp3) is 0.393. The van der Waals surface area contributed by atoms with Crippen LogP contribution in [-0.2, 0) is 0 Å². The first-order valence-corrected chi connectivity index (χ1v) is 12.7. The number of amides is 2. The minimum atomic E-state index is -0.492. The average Bonchev–Trinajstić information content (AvgIpc) is 3.34. The number of aromatic nitrogens is 2. The molecule has 2 bridgehead atoms. The van der Waals surface area contributed by atoms with Gasteiger partial charge in [0.15, 0.2) is 5.75 Å². The zero-order valence-electron chi connectivity index (χ0n) is 20.9. The van der Waals surface area contributed by atoms with Crippen LogP contribution >= 0.6 is 0 Å². The van der Waals surface area contributed by atoms with Crippen molar-refractivity contribution in [2.24, 2.45) is 5.92 Å². The van der Waals surface area contributed by atoms with Crippen molar-refractivity contribution in [3.05, 3.63) is 59.1 Å². The average molecular weight is 501 g/mol. The lowest BCUT2D eigenvalue weighted by Crippen LogP contribution is -2.68. The van der Waals surface area contributed by atoms with Crippen molar-refractivity contribution >= 4 is 28.3 Å². The number of aliphatic hydroxyl groups excluding tert-OH is 1. The number of furan rings is 1. The Morgan fingerprint density at radius 1 is 1.22 bits per heavy atom. The molecule has 1 aliphatic heterocycles. The quantitative estimate of drug-likeness (QED) is 0.429. The Hall–Kier alpha value is -3.85. The highest BCUT2D eigenvalue weighted by Crippen LogP contribution is 2.57. The molecule has 0 unspecified atom stereocenters. The van der Waals surface area contributed by atoms with Gasteiger partial charge in [-0.1, -0.05) is 0 Å². The zero-order chi connectivity index (χ0) is 25.6. The van der Waals surface area contributed by atoms with Crippen LogP contribution in [0.15, 0.2) is 41.1 Å². The number of carbonyl (C=O) groups is 2. The lowest BCUT2D eigenvalue weighted by Gasteiger charge is -2.61. The van der Waals surface area contributed by atoms with Crippen molar-refractivity contribution in [2.45, 2.75) is 57.7 Å². The molecule has 37 heavy (non-hydrogen) atoms. The topological polar surface area (TPSA) is 109 Å². The second-order valence-corrected chi connectivity index (χ2v) is 10.9. The third-order valence-electron chi connectivity index (χ3n) is 8.52. The van der Waals surface area contributed by atoms with E-state index in [2.05, 4.69) is 10.4 Å². The zero-order valence-corrected chi connectivity index (χ0v) is 20.9. The number of hydrogen-bond acceptors (Lipinski definition) is 6. The minimum Gasteiger partial charge on any atom is -0.460 e. The van der Waals surface area contributed by atoms with Crippen molar-refractivity contribution < 1.29 is 23.8 Å². The molecule has 4 aliphatic rings. The highest BCUT2D eigenvalue weighted by Gasteiger charge is 2.57. The summed E-state index contributed by atoms with van der Waals surface area (Å²) in [6.45, 7) is 5.84. The molecule has 4 heterocycles. The molecule has 1 aromatic carbocycles. The van der Waals surface area contributed by atoms with Crippen molar-refractivity contribution in [1.82, 2.24) is 19.8 Å². The number of ether oxygens (including phenoxy) is 1. The van der Waals surface area contributed by atoms with Gasteiger partial charge in [-0.2, -0.15) is 5.10 Å². The summed E-state index contributed by atoms with van der Waals surface area (Å²) < 4.78 is 13.8. The number of rotatable bonds is 5. The van der Waals surface area contributed by atoms with Crippen molar-refractivity contribution in [3.8, 4) is 11.5 Å². The fourth-order valence-corrected chi connectivity index (χ4v) is 6.14. The molecule has 0 spiro atoms. The lowest BCUT2D eigenvalue weighted by molar-refractivity contribution is -0.0438. The molecule has 9 heteroatoms. The molecule has 8 rings (SSSR count). The molecule has 1 saturated heterocycles. The molecule has 4 fully saturated rings. The maximum atomic E-state index is 13.1. The Balaban J connectivity index is 1.18. The van der Waals surface area contributed by atoms with Gasteiger partial charge >= 0.3 is 0 Å². The summed E-state index contributed by atoms with van der Waals surface area (Å²) in [4.78, 5) is 27.8. The minimum absolute atomic E-state index is 0.00362. The monoisotopic (exact) mass is 500 g/mol. The van der Waals surface area contributed by atoms with Gasteiger partial charge in [-0.3, -0.25) is 9.59 Å². The number of nitrogens with zero attached hydrogens (tertiary/aromatic N) is 3. The number of fused-ring (bicyclic) bond motifs is 2. The van der Waals surface area contributed by atoms with Gasteiger partial charge in [0.25, 0.3) is 11.8 Å². The van der Waals surface area contributed by atoms with E-state index in [1.54, 1.807) is 33.9 Å². The smallest absolute Gasteiger partial charge is 0.256 e. The standard InChI is InChI=1S/C28H28N4O5/c1-14-20(27(35)31-13-21(33)15(31)2)12-32-25(14)22(6-7-29-32)37-18-4-5-19-23(8-18)36-16(3)24(19)26(34)30-28-9-17(10-28)11-28/h4-8,12,15,17,21,33H,9-11,13H2,1-3H3,(H,30,34)/t15-,17?,21-,28?/m0/s1. The van der Waals surface area contributed by atoms with Crippen LogP contribution in [0, 0.1) is 19.8 Å². The van der Waals surface area contributed by atoms with E-state index in [1.807, 2.05) is 32.9 Å². The summed E-state index contributed by atoms with van der Waals surface area (Å²) in [5.41, 5.74) is 3.12. The number of aryl methyl sites for hydroxylation is 2. The maximum absolute atomic E-state index is 13.1. The molecule has 3 aliphatic carbocycles. The van der Waals surface area contributed by atoms with Crippen molar-refractivity contribution in [3.63, 3.8) is 0 Å². The summed E-state index contributed by atoms with van der Waals surface area (Å²) in [6.07, 6.45) is 6.07. The Morgan fingerprint density at radius 3 is 2.68 bits per heavy atom. The first kappa shape index (κ1) is 22.4. The second kappa shape index (κ2) is 7.58. The largest absolute Gasteiger partial charge is 0.460 e. The number of likely N-dealkylation sites (tertiary alicyclic amines) is 1. The predicted molar refractivity (Wildman–Crippen MR) is 135 cm³/mol. The molecular formula is C28H28N4O5. The predicted octanol–water partition coefficient (Wildman–Crippen LogP) is 3.98. The number of β-amino-alcohol motifs (C(OH)–C–C–N with tert-alkyl or cyclic N) is 1. The van der Waals surface area contributed by atoms with E-state index >= 15 is 0 Å². The van der Waals surface area contributed by atoms with Gasteiger partial charge in [0.1, 0.15) is 22.6 Å². The van der Waals surface area contributed by atoms with Crippen LogP contribution < -0.4 is 10.1 Å². The van der Waals surface area contributed by atoms with Crippen LogP contribution in [0.4, 0.5) is 0 Å². The summed E-state index contributed by atoms with van der Waals surface area (Å²) in [5.74, 6) is 2.25. The van der Waals surface area contributed by atoms with E-state index in [9.17, 15) is 14.7 Å². The van der Waals surface area contributed by atoms with E-state index < -0.39 is 6.10 Å². The molecule has 4 aromatic rings. The summed E-state index contributed by atoms with van der Waals surface area (Å²) in [6, 6.07) is 7.00. The van der Waals surface area contributed by atoms with Crippen LogP contribution in [0.1, 0.15) is 58.2 Å². The van der Waals surface area contributed by atoms with Gasteiger partial charge in [-0.15, -0.1) is 0 Å². The molecule has 2 atom stereocenters. The Labute approximate surface area is 213 Å². The number of aliphatic hydroxyl groups is 1. The van der Waals surface area contributed by atoms with E-state index in [4.69, 9.17) is 9.15 Å². The number of carbonyl (C=O) groups excluding carboxylic acids is 2. The third kappa shape index (κ3) is 3.23. The van der Waals surface area contributed by atoms with Crippen LogP contribution in [0.3, 0.4) is 0 Å². The van der Waals surface area contributed by atoms with Gasteiger partial charge in [-0.05, 0) is 63.6 Å². The molecular weight excluding hydrogens is 472 g/mol. The van der Waals surface area contributed by atoms with Crippen LogP contribution in [0.5, 0.6) is 11.5 Å². The summed E-state index contributed by atoms with van der Waals surface area (Å²) in [7, 11) is 0. The number of hydrogen-bond donors (Lipinski definition) is 2. The van der Waals surface area contributed by atoms with Crippen molar-refractivity contribution in [1.29, 1.82) is 0 Å². The molecule has 190 valence electrons. The van der Waals surface area contributed by atoms with E-state index in [0.29, 0.717) is 46.0 Å². The Kier molecular flexibility index (Phi) is 4.58. The Bertz CT molecular complexity index is 1600. The van der Waals surface area contributed by atoms with Crippen molar-refractivity contribution in [2.75, 3.05) is 6.54 Å². The molecule has 0 radical (unpaired) electrons. The van der Waals surface area contributed by atoms with Gasteiger partial charge in [0.05, 0.1) is 29.5 Å². The van der Waals surface area contributed by atoms with Gasteiger partial charge < -0.3 is 24.5 Å². The van der Waals surface area contributed by atoms with E-state index in [-0.39, 0.29) is 23.4 Å². The first-order valence-electron chi connectivity index (χ1n) is 12.7. The molecule has 3 saturated carbocycles.